The molecule has 2 unspecified atom stereocenters. The summed E-state index contributed by atoms with van der Waals surface area (Å²) in [6.45, 7) is 1.42. The van der Waals surface area contributed by atoms with Gasteiger partial charge in [0.05, 0.1) is 0 Å². The lowest BCUT2D eigenvalue weighted by Crippen LogP contribution is -2.22. The third-order valence-electron chi connectivity index (χ3n) is 0.791. The molecule has 0 amide bonds. The molecule has 0 radical (unpaired) electrons. The van der Waals surface area contributed by atoms with Gasteiger partial charge < -0.3 is 0 Å². The van der Waals surface area contributed by atoms with Gasteiger partial charge in [-0.3, -0.25) is 0 Å². The molecule has 0 aromatic heterocycles. The molecule has 0 bridgehead atoms. The van der Waals surface area contributed by atoms with Crippen LogP contribution < -0.4 is 0 Å². The van der Waals surface area contributed by atoms with Crippen LogP contribution in [0.25, 0.3) is 0 Å². The van der Waals surface area contributed by atoms with Crippen molar-refractivity contribution in [3.63, 3.8) is 0 Å². The average molecular weight is 163 g/mol. The van der Waals surface area contributed by atoms with Crippen molar-refractivity contribution in [2.75, 3.05) is 0 Å². The van der Waals surface area contributed by atoms with Crippen molar-refractivity contribution in [3.05, 3.63) is 0 Å². The van der Waals surface area contributed by atoms with Crippen molar-refractivity contribution < 1.29 is 8.78 Å². The zero-order chi connectivity index (χ0) is 6.78. The van der Waals surface area contributed by atoms with Gasteiger partial charge in [-0.2, -0.15) is 0 Å². The molecule has 0 aliphatic rings. The van der Waals surface area contributed by atoms with Crippen LogP contribution in [0.4, 0.5) is 8.78 Å². The highest BCUT2D eigenvalue weighted by atomic mass is 35.5. The van der Waals surface area contributed by atoms with Crippen molar-refractivity contribution in [2.24, 2.45) is 0 Å². The summed E-state index contributed by atoms with van der Waals surface area (Å²) in [6.07, 6.45) is -0.126. The first-order chi connectivity index (χ1) is 3.50. The summed E-state index contributed by atoms with van der Waals surface area (Å²) in [4.78, 5) is 0. The number of hydrogen-bond donors (Lipinski definition) is 0. The second-order valence-corrected chi connectivity index (χ2v) is 2.43. The Balaban J connectivity index is 3.71. The molecule has 0 fully saturated rings. The van der Waals surface area contributed by atoms with Crippen LogP contribution in [0.1, 0.15) is 13.3 Å². The second kappa shape index (κ2) is 2.83. The molecule has 0 aromatic carbocycles. The van der Waals surface area contributed by atoms with Gasteiger partial charge in [-0.15, -0.1) is 0 Å². The van der Waals surface area contributed by atoms with E-state index in [1.54, 1.807) is 0 Å². The minimum atomic E-state index is -2.39. The lowest BCUT2D eigenvalue weighted by atomic mass is 10.3. The lowest BCUT2D eigenvalue weighted by Gasteiger charge is -2.13. The molecule has 0 rings (SSSR count). The number of rotatable bonds is 2. The zero-order valence-corrected chi connectivity index (χ0v) is 5.81. The molecule has 0 N–H and O–H groups in total. The highest BCUT2D eigenvalue weighted by Crippen LogP contribution is 2.30. The molecular formula is C4H6Cl2F2. The van der Waals surface area contributed by atoms with Crippen LogP contribution in [-0.4, -0.2) is 10.8 Å². The van der Waals surface area contributed by atoms with Crippen molar-refractivity contribution in [1.29, 1.82) is 0 Å². The Morgan fingerprint density at radius 2 is 2.12 bits per heavy atom. The van der Waals surface area contributed by atoms with Gasteiger partial charge in [0.2, 0.25) is 10.8 Å². The van der Waals surface area contributed by atoms with Gasteiger partial charge in [0.1, 0.15) is 0 Å². The first-order valence-electron chi connectivity index (χ1n) is 2.16. The summed E-state index contributed by atoms with van der Waals surface area (Å²) in [6, 6.07) is 0. The zero-order valence-electron chi connectivity index (χ0n) is 4.30. The van der Waals surface area contributed by atoms with Crippen LogP contribution >= 0.6 is 23.2 Å². The van der Waals surface area contributed by atoms with Crippen LogP contribution in [0.5, 0.6) is 0 Å². The van der Waals surface area contributed by atoms with Crippen LogP contribution in [0.3, 0.4) is 0 Å². The Morgan fingerprint density at radius 3 is 2.12 bits per heavy atom. The third-order valence-corrected chi connectivity index (χ3v) is 1.71. The van der Waals surface area contributed by atoms with Crippen molar-refractivity contribution >= 4 is 23.2 Å². The van der Waals surface area contributed by atoms with E-state index in [1.165, 1.54) is 6.92 Å². The SMILES string of the molecule is CCC(F)(Cl)C(F)Cl. The fourth-order valence-corrected chi connectivity index (χ4v) is 0.309. The molecule has 0 aliphatic carbocycles. The minimum Gasteiger partial charge on any atom is -0.225 e. The fourth-order valence-electron chi connectivity index (χ4n) is 0.154. The molecule has 0 aromatic rings. The van der Waals surface area contributed by atoms with Crippen LogP contribution in [-0.2, 0) is 0 Å². The predicted molar refractivity (Wildman–Crippen MR) is 30.7 cm³/mol. The maximum absolute atomic E-state index is 12.2. The molecule has 0 spiro atoms. The summed E-state index contributed by atoms with van der Waals surface area (Å²) in [5, 5.41) is -2.39. The topological polar surface area (TPSA) is 0 Å². The van der Waals surface area contributed by atoms with E-state index in [2.05, 4.69) is 0 Å². The minimum absolute atomic E-state index is 0.126. The van der Waals surface area contributed by atoms with E-state index in [0.717, 1.165) is 0 Å². The number of halogens is 4. The number of hydrogen-bond acceptors (Lipinski definition) is 0. The first-order valence-corrected chi connectivity index (χ1v) is 2.98. The van der Waals surface area contributed by atoms with Gasteiger partial charge in [0.15, 0.2) is 0 Å². The molecule has 0 heterocycles. The van der Waals surface area contributed by atoms with E-state index in [9.17, 15) is 8.78 Å². The normalized spacial score (nSPS) is 22.1. The molecule has 0 saturated heterocycles. The van der Waals surface area contributed by atoms with Gasteiger partial charge in [0, 0.05) is 0 Å². The summed E-state index contributed by atoms with van der Waals surface area (Å²) in [5.74, 6) is 0. The van der Waals surface area contributed by atoms with E-state index >= 15 is 0 Å². The van der Waals surface area contributed by atoms with Crippen LogP contribution in [0.15, 0.2) is 0 Å². The maximum Gasteiger partial charge on any atom is 0.227 e. The second-order valence-electron chi connectivity index (χ2n) is 1.42. The molecule has 2 atom stereocenters. The highest BCUT2D eigenvalue weighted by molar-refractivity contribution is 6.30. The summed E-state index contributed by atoms with van der Waals surface area (Å²) >= 11 is 9.58. The van der Waals surface area contributed by atoms with E-state index < -0.39 is 10.8 Å². The van der Waals surface area contributed by atoms with E-state index in [-0.39, 0.29) is 6.42 Å². The van der Waals surface area contributed by atoms with Gasteiger partial charge in [0.25, 0.3) is 0 Å². The smallest absolute Gasteiger partial charge is 0.225 e. The Labute approximate surface area is 56.8 Å². The number of alkyl halides is 4. The Bertz CT molecular complexity index is 72.4. The highest BCUT2D eigenvalue weighted by Gasteiger charge is 2.33. The van der Waals surface area contributed by atoms with Crippen molar-refractivity contribution in [1.82, 2.24) is 0 Å². The van der Waals surface area contributed by atoms with E-state index in [1.807, 2.05) is 0 Å². The largest absolute Gasteiger partial charge is 0.227 e. The van der Waals surface area contributed by atoms with Crippen molar-refractivity contribution in [3.8, 4) is 0 Å². The molecular weight excluding hydrogens is 157 g/mol. The first kappa shape index (κ1) is 8.44. The standard InChI is InChI=1S/C4H6Cl2F2/c1-2-4(6,8)3(5)7/h3H,2H2,1H3. The molecule has 4 heteroatoms. The third kappa shape index (κ3) is 2.14. The molecule has 50 valence electrons. The summed E-state index contributed by atoms with van der Waals surface area (Å²) < 4.78 is 23.9. The molecule has 0 aliphatic heterocycles. The van der Waals surface area contributed by atoms with Gasteiger partial charge in [-0.05, 0) is 6.42 Å². The van der Waals surface area contributed by atoms with E-state index in [0.29, 0.717) is 0 Å². The summed E-state index contributed by atoms with van der Waals surface area (Å²) in [5.41, 5.74) is -2.12. The van der Waals surface area contributed by atoms with Gasteiger partial charge in [-0.1, -0.05) is 30.1 Å². The van der Waals surface area contributed by atoms with Gasteiger partial charge in [-0.25, -0.2) is 8.78 Å². The lowest BCUT2D eigenvalue weighted by molar-refractivity contribution is 0.180. The Morgan fingerprint density at radius 1 is 1.75 bits per heavy atom. The summed E-state index contributed by atoms with van der Waals surface area (Å²) in [7, 11) is 0. The van der Waals surface area contributed by atoms with Gasteiger partial charge >= 0.3 is 0 Å². The molecule has 8 heavy (non-hydrogen) atoms. The maximum atomic E-state index is 12.2. The fraction of sp³-hybridized carbons (Fsp3) is 1.00. The monoisotopic (exact) mass is 162 g/mol. The Kier molecular flexibility index (Phi) is 2.99. The molecule has 0 saturated carbocycles. The van der Waals surface area contributed by atoms with Crippen molar-refractivity contribution in [2.45, 2.75) is 24.1 Å². The average Bonchev–Trinajstić information content (AvgIpc) is 1.67. The van der Waals surface area contributed by atoms with E-state index in [4.69, 9.17) is 23.2 Å². The molecule has 0 nitrogen and oxygen atoms in total. The quantitative estimate of drug-likeness (QED) is 0.549. The van der Waals surface area contributed by atoms with Crippen LogP contribution in [0, 0.1) is 0 Å². The van der Waals surface area contributed by atoms with Crippen LogP contribution in [0.2, 0.25) is 0 Å². The Hall–Kier alpha value is 0.440. The predicted octanol–water partition coefficient (Wildman–Crippen LogP) is 2.84.